The highest BCUT2D eigenvalue weighted by molar-refractivity contribution is 5.93. The summed E-state index contributed by atoms with van der Waals surface area (Å²) < 4.78 is 4.97. The van der Waals surface area contributed by atoms with Crippen molar-refractivity contribution < 1.29 is 14.3 Å². The maximum absolute atomic E-state index is 12.2. The normalized spacial score (nSPS) is 17.2. The fourth-order valence-corrected chi connectivity index (χ4v) is 2.84. The molecule has 1 N–H and O–H groups in total. The topological polar surface area (TPSA) is 56.9 Å². The number of nitrogens with zero attached hydrogens (tertiary/aromatic N) is 2. The molecule has 0 radical (unpaired) electrons. The second-order valence-electron chi connectivity index (χ2n) is 6.03. The van der Waals surface area contributed by atoms with Crippen molar-refractivity contribution in [3.63, 3.8) is 0 Å². The molecule has 3 rings (SSSR count). The molecule has 1 aliphatic heterocycles. The van der Waals surface area contributed by atoms with Crippen molar-refractivity contribution >= 4 is 5.91 Å². The third-order valence-electron chi connectivity index (χ3n) is 4.32. The molecule has 0 spiro atoms. The molecule has 1 fully saturated rings. The zero-order chi connectivity index (χ0) is 16.2. The van der Waals surface area contributed by atoms with E-state index in [1.165, 1.54) is 18.1 Å². The molecule has 2 aromatic rings. The van der Waals surface area contributed by atoms with Crippen LogP contribution in [0.4, 0.5) is 0 Å². The van der Waals surface area contributed by atoms with Gasteiger partial charge in [0.15, 0.2) is 0 Å². The number of hydrogen-bond acceptors (Lipinski definition) is 4. The molecule has 1 aliphatic rings. The van der Waals surface area contributed by atoms with Gasteiger partial charge in [-0.3, -0.25) is 9.69 Å². The first kappa shape index (κ1) is 15.8. The van der Waals surface area contributed by atoms with Crippen molar-refractivity contribution in [1.82, 2.24) is 9.80 Å². The van der Waals surface area contributed by atoms with E-state index in [2.05, 4.69) is 4.90 Å². The maximum Gasteiger partial charge on any atom is 0.257 e. The lowest BCUT2D eigenvalue weighted by Crippen LogP contribution is -2.49. The van der Waals surface area contributed by atoms with Crippen molar-refractivity contribution in [2.45, 2.75) is 13.0 Å². The van der Waals surface area contributed by atoms with Crippen LogP contribution < -0.4 is 0 Å². The summed E-state index contributed by atoms with van der Waals surface area (Å²) in [7, 11) is 0. The average molecular weight is 314 g/mol. The molecule has 0 aliphatic carbocycles. The van der Waals surface area contributed by atoms with Gasteiger partial charge in [-0.25, -0.2) is 0 Å². The van der Waals surface area contributed by atoms with Gasteiger partial charge in [-0.15, -0.1) is 0 Å². The average Bonchev–Trinajstić information content (AvgIpc) is 3.10. The highest BCUT2D eigenvalue weighted by Crippen LogP contribution is 2.17. The number of β-amino-alcohol motifs (C(OH)–C–C–N with tert-alkyl or cyclic N) is 1. The number of amides is 1. The molecule has 1 atom stereocenters. The van der Waals surface area contributed by atoms with E-state index in [9.17, 15) is 9.90 Å². The van der Waals surface area contributed by atoms with Gasteiger partial charge in [0, 0.05) is 32.7 Å². The van der Waals surface area contributed by atoms with Crippen LogP contribution in [-0.4, -0.2) is 53.5 Å². The van der Waals surface area contributed by atoms with E-state index in [4.69, 9.17) is 4.42 Å². The molecular weight excluding hydrogens is 292 g/mol. The number of aryl methyl sites for hydroxylation is 1. The minimum atomic E-state index is -0.494. The first-order valence-corrected chi connectivity index (χ1v) is 7.92. The zero-order valence-corrected chi connectivity index (χ0v) is 13.3. The number of hydrogen-bond donors (Lipinski definition) is 1. The molecule has 1 aromatic carbocycles. The van der Waals surface area contributed by atoms with Gasteiger partial charge in [0.2, 0.25) is 0 Å². The number of rotatable bonds is 4. The first-order chi connectivity index (χ1) is 11.1. The number of aliphatic hydroxyl groups excluding tert-OH is 1. The SMILES string of the molecule is Cc1ccc(C(O)CN2CCN(C(=O)c3ccoc3)CC2)cc1. The van der Waals surface area contributed by atoms with Crippen LogP contribution in [0.25, 0.3) is 0 Å². The van der Waals surface area contributed by atoms with E-state index < -0.39 is 6.10 Å². The Hall–Kier alpha value is -2.11. The smallest absolute Gasteiger partial charge is 0.257 e. The van der Waals surface area contributed by atoms with Crippen LogP contribution in [0.15, 0.2) is 47.3 Å². The van der Waals surface area contributed by atoms with Crippen LogP contribution in [0, 0.1) is 6.92 Å². The number of furan rings is 1. The van der Waals surface area contributed by atoms with Crippen molar-refractivity contribution in [2.24, 2.45) is 0 Å². The monoisotopic (exact) mass is 314 g/mol. The summed E-state index contributed by atoms with van der Waals surface area (Å²) in [4.78, 5) is 16.3. The van der Waals surface area contributed by atoms with Gasteiger partial charge in [-0.1, -0.05) is 29.8 Å². The van der Waals surface area contributed by atoms with E-state index in [-0.39, 0.29) is 5.91 Å². The van der Waals surface area contributed by atoms with Crippen molar-refractivity contribution in [3.05, 3.63) is 59.5 Å². The standard InChI is InChI=1S/C18H22N2O3/c1-14-2-4-15(5-3-14)17(21)12-19-7-9-20(10-8-19)18(22)16-6-11-23-13-16/h2-6,11,13,17,21H,7-10,12H2,1H3. The summed E-state index contributed by atoms with van der Waals surface area (Å²) >= 11 is 0. The summed E-state index contributed by atoms with van der Waals surface area (Å²) in [5.74, 6) is 0.0116. The van der Waals surface area contributed by atoms with Crippen LogP contribution in [0.2, 0.25) is 0 Å². The Morgan fingerprint density at radius 1 is 1.17 bits per heavy atom. The molecule has 0 saturated carbocycles. The molecule has 1 aromatic heterocycles. The molecular formula is C18H22N2O3. The number of benzene rings is 1. The maximum atomic E-state index is 12.2. The van der Waals surface area contributed by atoms with Crippen LogP contribution in [0.5, 0.6) is 0 Å². The van der Waals surface area contributed by atoms with E-state index in [0.29, 0.717) is 25.2 Å². The third-order valence-corrected chi connectivity index (χ3v) is 4.32. The lowest BCUT2D eigenvalue weighted by molar-refractivity contribution is 0.0527. The predicted molar refractivity (Wildman–Crippen MR) is 87.2 cm³/mol. The molecule has 5 heteroatoms. The van der Waals surface area contributed by atoms with Gasteiger partial charge in [-0.05, 0) is 18.6 Å². The third kappa shape index (κ3) is 3.81. The Kier molecular flexibility index (Phi) is 4.79. The molecule has 23 heavy (non-hydrogen) atoms. The predicted octanol–water partition coefficient (Wildman–Crippen LogP) is 2.08. The Morgan fingerprint density at radius 2 is 1.87 bits per heavy atom. The van der Waals surface area contributed by atoms with Gasteiger partial charge >= 0.3 is 0 Å². The highest BCUT2D eigenvalue weighted by atomic mass is 16.3. The second kappa shape index (κ2) is 6.98. The highest BCUT2D eigenvalue weighted by Gasteiger charge is 2.24. The number of aliphatic hydroxyl groups is 1. The summed E-state index contributed by atoms with van der Waals surface area (Å²) in [5.41, 5.74) is 2.72. The van der Waals surface area contributed by atoms with Crippen molar-refractivity contribution in [2.75, 3.05) is 32.7 Å². The second-order valence-corrected chi connectivity index (χ2v) is 6.03. The van der Waals surface area contributed by atoms with Crippen LogP contribution in [0.3, 0.4) is 0 Å². The molecule has 1 amide bonds. The minimum Gasteiger partial charge on any atom is -0.472 e. The Balaban J connectivity index is 1.51. The Labute approximate surface area is 136 Å². The summed E-state index contributed by atoms with van der Waals surface area (Å²) in [6, 6.07) is 9.66. The van der Waals surface area contributed by atoms with Gasteiger partial charge in [0.25, 0.3) is 5.91 Å². The Bertz CT molecular complexity index is 629. The minimum absolute atomic E-state index is 0.0116. The van der Waals surface area contributed by atoms with Gasteiger partial charge in [-0.2, -0.15) is 0 Å². The quantitative estimate of drug-likeness (QED) is 0.939. The fraction of sp³-hybridized carbons (Fsp3) is 0.389. The summed E-state index contributed by atoms with van der Waals surface area (Å²) in [6.07, 6.45) is 2.50. The molecule has 1 unspecified atom stereocenters. The largest absolute Gasteiger partial charge is 0.472 e. The molecule has 0 bridgehead atoms. The van der Waals surface area contributed by atoms with Crippen LogP contribution >= 0.6 is 0 Å². The molecule has 122 valence electrons. The molecule has 2 heterocycles. The summed E-state index contributed by atoms with van der Waals surface area (Å²) in [6.45, 7) is 5.51. The number of piperazine rings is 1. The van der Waals surface area contributed by atoms with E-state index >= 15 is 0 Å². The fourth-order valence-electron chi connectivity index (χ4n) is 2.84. The van der Waals surface area contributed by atoms with Crippen LogP contribution in [0.1, 0.15) is 27.6 Å². The van der Waals surface area contributed by atoms with Gasteiger partial charge < -0.3 is 14.4 Å². The zero-order valence-electron chi connectivity index (χ0n) is 13.3. The van der Waals surface area contributed by atoms with E-state index in [0.717, 1.165) is 18.7 Å². The Morgan fingerprint density at radius 3 is 2.48 bits per heavy atom. The first-order valence-electron chi connectivity index (χ1n) is 7.92. The number of carbonyl (C=O) groups excluding carboxylic acids is 1. The van der Waals surface area contributed by atoms with Crippen molar-refractivity contribution in [1.29, 1.82) is 0 Å². The van der Waals surface area contributed by atoms with Crippen LogP contribution in [-0.2, 0) is 0 Å². The number of carbonyl (C=O) groups is 1. The van der Waals surface area contributed by atoms with Gasteiger partial charge in [0.1, 0.15) is 6.26 Å². The lowest BCUT2D eigenvalue weighted by atomic mass is 10.1. The van der Waals surface area contributed by atoms with E-state index in [1.54, 1.807) is 6.07 Å². The molecule has 5 nitrogen and oxygen atoms in total. The van der Waals surface area contributed by atoms with E-state index in [1.807, 2.05) is 36.1 Å². The lowest BCUT2D eigenvalue weighted by Gasteiger charge is -2.35. The summed E-state index contributed by atoms with van der Waals surface area (Å²) in [5, 5.41) is 10.4. The van der Waals surface area contributed by atoms with Crippen molar-refractivity contribution in [3.8, 4) is 0 Å². The van der Waals surface area contributed by atoms with Gasteiger partial charge in [0.05, 0.1) is 17.9 Å². The molecule has 1 saturated heterocycles.